The van der Waals surface area contributed by atoms with Gasteiger partial charge in [-0.1, -0.05) is 40.5 Å². The topological polar surface area (TPSA) is 24.9 Å². The van der Waals surface area contributed by atoms with Crippen LogP contribution in [0, 0.1) is 11.8 Å². The van der Waals surface area contributed by atoms with Crippen LogP contribution in [-0.2, 0) is 9.78 Å². The zero-order valence-electron chi connectivity index (χ0n) is 18.0. The minimum absolute atomic E-state index is 0.110. The van der Waals surface area contributed by atoms with E-state index in [1.165, 1.54) is 0 Å². The lowest BCUT2D eigenvalue weighted by atomic mass is 10.0. The quantitative estimate of drug-likeness (QED) is 0.364. The molecule has 0 aliphatic rings. The normalized spacial score (nSPS) is 17.8. The molecule has 0 aromatic heterocycles. The molecule has 4 unspecified atom stereocenters. The molecule has 0 amide bonds. The number of likely N-dealkylation sites (N-methyl/N-ethyl adjacent to an activating group) is 2. The molecule has 4 heteroatoms. The van der Waals surface area contributed by atoms with Gasteiger partial charge in [0, 0.05) is 25.2 Å². The zero-order valence-corrected chi connectivity index (χ0v) is 18.0. The summed E-state index contributed by atoms with van der Waals surface area (Å²) >= 11 is 0. The molecular weight excluding hydrogens is 300 g/mol. The SMILES string of the molecule is CCC(C)C(CN(C)C(C)C)OOC(CN(C)C(C)C)C(C)CC. The van der Waals surface area contributed by atoms with E-state index < -0.39 is 0 Å². The fraction of sp³-hybridized carbons (Fsp3) is 1.00. The average molecular weight is 345 g/mol. The minimum Gasteiger partial charge on any atom is -0.301 e. The lowest BCUT2D eigenvalue weighted by molar-refractivity contribution is -0.368. The fourth-order valence-electron chi connectivity index (χ4n) is 2.27. The van der Waals surface area contributed by atoms with E-state index in [4.69, 9.17) is 9.78 Å². The second-order valence-corrected chi connectivity index (χ2v) is 8.11. The van der Waals surface area contributed by atoms with E-state index in [-0.39, 0.29) is 12.2 Å². The molecule has 0 fully saturated rings. The molecule has 0 spiro atoms. The summed E-state index contributed by atoms with van der Waals surface area (Å²) < 4.78 is 0. The maximum atomic E-state index is 6.01. The van der Waals surface area contributed by atoms with Crippen molar-refractivity contribution in [1.82, 2.24) is 9.80 Å². The molecule has 0 aromatic rings. The van der Waals surface area contributed by atoms with Crippen molar-refractivity contribution in [3.63, 3.8) is 0 Å². The van der Waals surface area contributed by atoms with Gasteiger partial charge in [-0.3, -0.25) is 0 Å². The molecule has 0 bridgehead atoms. The number of nitrogens with zero attached hydrogens (tertiary/aromatic N) is 2. The first-order valence-electron chi connectivity index (χ1n) is 9.86. The van der Waals surface area contributed by atoms with E-state index in [0.29, 0.717) is 23.9 Å². The largest absolute Gasteiger partial charge is 0.301 e. The van der Waals surface area contributed by atoms with Crippen molar-refractivity contribution in [2.75, 3.05) is 27.2 Å². The van der Waals surface area contributed by atoms with Gasteiger partial charge in [-0.05, 0) is 53.6 Å². The third kappa shape index (κ3) is 8.80. The van der Waals surface area contributed by atoms with Crippen LogP contribution >= 0.6 is 0 Å². The van der Waals surface area contributed by atoms with E-state index in [2.05, 4.69) is 79.3 Å². The highest BCUT2D eigenvalue weighted by molar-refractivity contribution is 4.72. The summed E-state index contributed by atoms with van der Waals surface area (Å²) in [7, 11) is 4.31. The Labute approximate surface area is 151 Å². The first kappa shape index (κ1) is 23.8. The van der Waals surface area contributed by atoms with Crippen molar-refractivity contribution in [3.8, 4) is 0 Å². The summed E-state index contributed by atoms with van der Waals surface area (Å²) in [5.41, 5.74) is 0. The Morgan fingerprint density at radius 1 is 0.625 bits per heavy atom. The van der Waals surface area contributed by atoms with Crippen molar-refractivity contribution in [2.24, 2.45) is 11.8 Å². The van der Waals surface area contributed by atoms with E-state index in [9.17, 15) is 0 Å². The zero-order chi connectivity index (χ0) is 18.9. The minimum atomic E-state index is 0.110. The van der Waals surface area contributed by atoms with Crippen LogP contribution in [0.5, 0.6) is 0 Å². The average Bonchev–Trinajstić information content (AvgIpc) is 2.54. The van der Waals surface area contributed by atoms with Gasteiger partial charge in [0.25, 0.3) is 0 Å². The van der Waals surface area contributed by atoms with E-state index in [1.807, 2.05) is 0 Å². The highest BCUT2D eigenvalue weighted by Gasteiger charge is 2.26. The van der Waals surface area contributed by atoms with Gasteiger partial charge in [0.05, 0.1) is 0 Å². The molecule has 0 heterocycles. The van der Waals surface area contributed by atoms with Gasteiger partial charge in [0.15, 0.2) is 0 Å². The van der Waals surface area contributed by atoms with Crippen molar-refractivity contribution in [2.45, 2.75) is 92.5 Å². The molecular formula is C20H44N2O2. The summed E-state index contributed by atoms with van der Waals surface area (Å²) in [4.78, 5) is 16.7. The Hall–Kier alpha value is -0.160. The molecule has 4 atom stereocenters. The molecule has 0 aliphatic carbocycles. The Bertz CT molecular complexity index is 280. The Morgan fingerprint density at radius 2 is 0.917 bits per heavy atom. The van der Waals surface area contributed by atoms with Gasteiger partial charge in [-0.2, -0.15) is 0 Å². The first-order chi connectivity index (χ1) is 11.1. The van der Waals surface area contributed by atoms with Gasteiger partial charge in [0.1, 0.15) is 12.2 Å². The molecule has 0 saturated carbocycles. The third-order valence-corrected chi connectivity index (χ3v) is 5.56. The molecule has 0 rings (SSSR count). The van der Waals surface area contributed by atoms with Gasteiger partial charge in [-0.15, -0.1) is 0 Å². The Morgan fingerprint density at radius 3 is 1.12 bits per heavy atom. The van der Waals surface area contributed by atoms with E-state index in [1.54, 1.807) is 0 Å². The van der Waals surface area contributed by atoms with Crippen molar-refractivity contribution < 1.29 is 9.78 Å². The van der Waals surface area contributed by atoms with Gasteiger partial charge in [-0.25, -0.2) is 9.78 Å². The van der Waals surface area contributed by atoms with Gasteiger partial charge in [0.2, 0.25) is 0 Å². The second kappa shape index (κ2) is 12.2. The van der Waals surface area contributed by atoms with Crippen LogP contribution in [0.15, 0.2) is 0 Å². The molecule has 24 heavy (non-hydrogen) atoms. The van der Waals surface area contributed by atoms with Crippen LogP contribution in [0.3, 0.4) is 0 Å². The predicted molar refractivity (Wildman–Crippen MR) is 104 cm³/mol. The van der Waals surface area contributed by atoms with Crippen molar-refractivity contribution in [3.05, 3.63) is 0 Å². The first-order valence-corrected chi connectivity index (χ1v) is 9.86. The molecule has 146 valence electrons. The predicted octanol–water partition coefficient (Wildman–Crippen LogP) is 4.44. The van der Waals surface area contributed by atoms with Gasteiger partial charge < -0.3 is 9.80 Å². The fourth-order valence-corrected chi connectivity index (χ4v) is 2.27. The third-order valence-electron chi connectivity index (χ3n) is 5.56. The van der Waals surface area contributed by atoms with E-state index in [0.717, 1.165) is 25.9 Å². The molecule has 0 N–H and O–H groups in total. The van der Waals surface area contributed by atoms with Crippen LogP contribution in [0.25, 0.3) is 0 Å². The summed E-state index contributed by atoms with van der Waals surface area (Å²) in [6.45, 7) is 19.6. The molecule has 0 radical (unpaired) electrons. The second-order valence-electron chi connectivity index (χ2n) is 8.11. The maximum Gasteiger partial charge on any atom is 0.108 e. The monoisotopic (exact) mass is 344 g/mol. The highest BCUT2D eigenvalue weighted by atomic mass is 17.2. The van der Waals surface area contributed by atoms with Crippen LogP contribution in [-0.4, -0.2) is 61.3 Å². The number of hydrogen-bond donors (Lipinski definition) is 0. The maximum absolute atomic E-state index is 6.01. The van der Waals surface area contributed by atoms with Crippen molar-refractivity contribution >= 4 is 0 Å². The van der Waals surface area contributed by atoms with Crippen molar-refractivity contribution in [1.29, 1.82) is 0 Å². The van der Waals surface area contributed by atoms with Crippen LogP contribution < -0.4 is 0 Å². The Kier molecular flexibility index (Phi) is 12.2. The molecule has 0 aromatic carbocycles. The number of hydrogen-bond acceptors (Lipinski definition) is 4. The van der Waals surface area contributed by atoms with E-state index >= 15 is 0 Å². The molecule has 4 nitrogen and oxygen atoms in total. The van der Waals surface area contributed by atoms with Crippen LogP contribution in [0.2, 0.25) is 0 Å². The lowest BCUT2D eigenvalue weighted by Crippen LogP contribution is -2.42. The molecule has 0 aliphatic heterocycles. The molecule has 0 saturated heterocycles. The summed E-state index contributed by atoms with van der Waals surface area (Å²) in [6, 6.07) is 1.02. The summed E-state index contributed by atoms with van der Waals surface area (Å²) in [6.07, 6.45) is 2.41. The number of rotatable bonds is 13. The van der Waals surface area contributed by atoms with Crippen LogP contribution in [0.1, 0.15) is 68.2 Å². The summed E-state index contributed by atoms with van der Waals surface area (Å²) in [5, 5.41) is 0. The van der Waals surface area contributed by atoms with Gasteiger partial charge >= 0.3 is 0 Å². The standard InChI is InChI=1S/C20H44N2O2/c1-11-17(7)19(13-21(9)15(3)4)23-24-20(18(8)12-2)14-22(10)16(5)6/h15-20H,11-14H2,1-10H3. The lowest BCUT2D eigenvalue weighted by Gasteiger charge is -2.33. The smallest absolute Gasteiger partial charge is 0.108 e. The summed E-state index contributed by atoms with van der Waals surface area (Å²) in [5.74, 6) is 0.957. The Balaban J connectivity index is 4.83. The highest BCUT2D eigenvalue weighted by Crippen LogP contribution is 2.19. The van der Waals surface area contributed by atoms with Crippen LogP contribution in [0.4, 0.5) is 0 Å².